The number of methoxy groups -OCH3 is 1. The average molecular weight is 273 g/mol. The first-order chi connectivity index (χ1) is 7.90. The molecule has 0 aliphatic heterocycles. The largest absolute Gasteiger partial charge is 0.493 e. The predicted molar refractivity (Wildman–Crippen MR) is 82.8 cm³/mol. The Balaban J connectivity index is 0. The summed E-state index contributed by atoms with van der Waals surface area (Å²) in [5, 5.41) is 0. The molecule has 0 atom stereocenters. The molecule has 0 saturated heterocycles. The molecular formula is C14H27NO2S. The van der Waals surface area contributed by atoms with Gasteiger partial charge < -0.3 is 15.9 Å². The molecule has 3 nitrogen and oxygen atoms in total. The van der Waals surface area contributed by atoms with Gasteiger partial charge in [0.05, 0.1) is 17.7 Å². The molecule has 18 heavy (non-hydrogen) atoms. The Morgan fingerprint density at radius 2 is 1.67 bits per heavy atom. The monoisotopic (exact) mass is 273 g/mol. The zero-order valence-corrected chi connectivity index (χ0v) is 13.4. The quantitative estimate of drug-likeness (QED) is 0.662. The van der Waals surface area contributed by atoms with Crippen LogP contribution in [0.25, 0.3) is 0 Å². The lowest BCUT2D eigenvalue weighted by Gasteiger charge is -2.21. The normalized spacial score (nSPS) is 9.94. The Labute approximate surface area is 115 Å². The van der Waals surface area contributed by atoms with E-state index >= 15 is 0 Å². The molecule has 0 fully saturated rings. The summed E-state index contributed by atoms with van der Waals surface area (Å²) in [5.74, 6) is 0.788. The van der Waals surface area contributed by atoms with Crippen molar-refractivity contribution in [3.63, 3.8) is 0 Å². The van der Waals surface area contributed by atoms with Crippen LogP contribution in [0, 0.1) is 0 Å². The maximum atomic E-state index is 5.97. The van der Waals surface area contributed by atoms with Crippen LogP contribution in [-0.2, 0) is 5.41 Å². The number of hydrogen-bond acceptors (Lipinski definition) is 3. The number of rotatable bonds is 2. The SMILES string of the molecule is CC.COc1c(N)cc(C(C)(C)C)cc1SC.O. The van der Waals surface area contributed by atoms with Crippen LogP contribution in [-0.4, -0.2) is 18.8 Å². The second-order valence-corrected chi connectivity index (χ2v) is 5.40. The number of nitrogens with two attached hydrogens (primary N) is 1. The van der Waals surface area contributed by atoms with Gasteiger partial charge in [-0.05, 0) is 29.4 Å². The van der Waals surface area contributed by atoms with Gasteiger partial charge in [0.25, 0.3) is 0 Å². The third kappa shape index (κ3) is 4.78. The first-order valence-corrected chi connectivity index (χ1v) is 7.14. The van der Waals surface area contributed by atoms with Gasteiger partial charge in [-0.2, -0.15) is 0 Å². The molecule has 0 aromatic heterocycles. The summed E-state index contributed by atoms with van der Waals surface area (Å²) in [5.41, 5.74) is 8.04. The van der Waals surface area contributed by atoms with Crippen LogP contribution in [0.15, 0.2) is 17.0 Å². The molecule has 0 unspecified atom stereocenters. The van der Waals surface area contributed by atoms with Gasteiger partial charge >= 0.3 is 0 Å². The van der Waals surface area contributed by atoms with Crippen molar-refractivity contribution < 1.29 is 10.2 Å². The average Bonchev–Trinajstić information content (AvgIpc) is 2.29. The predicted octanol–water partition coefficient (Wildman–Crippen LogP) is 3.50. The fraction of sp³-hybridized carbons (Fsp3) is 0.571. The van der Waals surface area contributed by atoms with Gasteiger partial charge in [-0.3, -0.25) is 0 Å². The lowest BCUT2D eigenvalue weighted by Crippen LogP contribution is -2.12. The van der Waals surface area contributed by atoms with E-state index in [2.05, 4.69) is 26.8 Å². The van der Waals surface area contributed by atoms with E-state index in [9.17, 15) is 0 Å². The highest BCUT2D eigenvalue weighted by Gasteiger charge is 2.17. The number of nitrogen functional groups attached to an aromatic ring is 1. The first kappa shape index (κ1) is 19.5. The second kappa shape index (κ2) is 8.27. The third-order valence-corrected chi connectivity index (χ3v) is 3.12. The summed E-state index contributed by atoms with van der Waals surface area (Å²) >= 11 is 1.66. The Morgan fingerprint density at radius 3 is 2.00 bits per heavy atom. The summed E-state index contributed by atoms with van der Waals surface area (Å²) in [7, 11) is 1.65. The van der Waals surface area contributed by atoms with Crippen LogP contribution in [0.5, 0.6) is 5.75 Å². The maximum Gasteiger partial charge on any atom is 0.155 e. The number of thioether (sulfide) groups is 1. The highest BCUT2D eigenvalue weighted by atomic mass is 32.2. The Hall–Kier alpha value is -0.870. The Kier molecular flexibility index (Phi) is 8.95. The van der Waals surface area contributed by atoms with E-state index in [1.54, 1.807) is 18.9 Å². The van der Waals surface area contributed by atoms with E-state index < -0.39 is 0 Å². The summed E-state index contributed by atoms with van der Waals surface area (Å²) in [6.45, 7) is 10.5. The standard InChI is InChI=1S/C12H19NOS.C2H6.H2O/c1-12(2,3)8-6-9(13)11(14-4)10(7-8)15-5;1-2;/h6-7H,13H2,1-5H3;1-2H3;1H2. The van der Waals surface area contributed by atoms with Crippen molar-refractivity contribution in [2.45, 2.75) is 44.9 Å². The fourth-order valence-electron chi connectivity index (χ4n) is 1.43. The smallest absolute Gasteiger partial charge is 0.155 e. The molecule has 0 saturated carbocycles. The third-order valence-electron chi connectivity index (χ3n) is 2.37. The summed E-state index contributed by atoms with van der Waals surface area (Å²) in [4.78, 5) is 1.10. The fourth-order valence-corrected chi connectivity index (χ4v) is 2.06. The topological polar surface area (TPSA) is 66.8 Å². The maximum absolute atomic E-state index is 5.97. The number of anilines is 1. The second-order valence-electron chi connectivity index (χ2n) is 4.55. The minimum Gasteiger partial charge on any atom is -0.493 e. The first-order valence-electron chi connectivity index (χ1n) is 5.92. The number of ether oxygens (including phenoxy) is 1. The van der Waals surface area contributed by atoms with Crippen LogP contribution in [0.3, 0.4) is 0 Å². The van der Waals surface area contributed by atoms with Gasteiger partial charge in [-0.1, -0.05) is 34.6 Å². The minimum atomic E-state index is 0. The summed E-state index contributed by atoms with van der Waals surface area (Å²) < 4.78 is 5.29. The Morgan fingerprint density at radius 1 is 1.17 bits per heavy atom. The molecule has 0 aliphatic rings. The van der Waals surface area contributed by atoms with E-state index in [0.717, 1.165) is 10.6 Å². The van der Waals surface area contributed by atoms with Crippen molar-refractivity contribution in [3.8, 4) is 5.75 Å². The van der Waals surface area contributed by atoms with Crippen molar-refractivity contribution in [2.24, 2.45) is 0 Å². The van der Waals surface area contributed by atoms with Crippen LogP contribution in [0.1, 0.15) is 40.2 Å². The van der Waals surface area contributed by atoms with Gasteiger partial charge in [0, 0.05) is 0 Å². The zero-order valence-electron chi connectivity index (χ0n) is 12.5. The van der Waals surface area contributed by atoms with E-state index in [1.165, 1.54) is 5.56 Å². The van der Waals surface area contributed by atoms with Gasteiger partial charge in [0.15, 0.2) is 5.75 Å². The molecule has 4 heteroatoms. The molecule has 1 rings (SSSR count). The van der Waals surface area contributed by atoms with Crippen LogP contribution in [0.4, 0.5) is 5.69 Å². The highest BCUT2D eigenvalue weighted by Crippen LogP contribution is 2.37. The molecule has 1 aromatic carbocycles. The molecule has 0 heterocycles. The number of hydrogen-bond donors (Lipinski definition) is 1. The highest BCUT2D eigenvalue weighted by molar-refractivity contribution is 7.98. The number of benzene rings is 1. The van der Waals surface area contributed by atoms with Crippen molar-refractivity contribution >= 4 is 17.4 Å². The van der Waals surface area contributed by atoms with Crippen molar-refractivity contribution in [2.75, 3.05) is 19.1 Å². The van der Waals surface area contributed by atoms with Crippen LogP contribution >= 0.6 is 11.8 Å². The molecule has 0 spiro atoms. The van der Waals surface area contributed by atoms with Gasteiger partial charge in [-0.15, -0.1) is 11.8 Å². The van der Waals surface area contributed by atoms with Crippen molar-refractivity contribution in [1.82, 2.24) is 0 Å². The van der Waals surface area contributed by atoms with Crippen molar-refractivity contribution in [1.29, 1.82) is 0 Å². The lowest BCUT2D eigenvalue weighted by molar-refractivity contribution is 0.406. The van der Waals surface area contributed by atoms with Gasteiger partial charge in [-0.25, -0.2) is 0 Å². The van der Waals surface area contributed by atoms with E-state index in [4.69, 9.17) is 10.5 Å². The van der Waals surface area contributed by atoms with Crippen LogP contribution in [0.2, 0.25) is 0 Å². The van der Waals surface area contributed by atoms with Crippen LogP contribution < -0.4 is 10.5 Å². The molecule has 4 N–H and O–H groups in total. The zero-order chi connectivity index (χ0) is 13.6. The van der Waals surface area contributed by atoms with Gasteiger partial charge in [0.1, 0.15) is 0 Å². The lowest BCUT2D eigenvalue weighted by atomic mass is 9.87. The molecule has 0 amide bonds. The van der Waals surface area contributed by atoms with Crippen molar-refractivity contribution in [3.05, 3.63) is 17.7 Å². The molecule has 0 aliphatic carbocycles. The molecule has 106 valence electrons. The molecule has 1 aromatic rings. The van der Waals surface area contributed by atoms with Gasteiger partial charge in [0.2, 0.25) is 0 Å². The van der Waals surface area contributed by atoms with E-state index in [0.29, 0.717) is 5.69 Å². The van der Waals surface area contributed by atoms with E-state index in [1.807, 2.05) is 26.2 Å². The summed E-state index contributed by atoms with van der Waals surface area (Å²) in [6.07, 6.45) is 2.03. The molecular weight excluding hydrogens is 246 g/mol. The Bertz CT molecular complexity index is 360. The molecule has 0 radical (unpaired) electrons. The minimum absolute atomic E-state index is 0. The molecule has 0 bridgehead atoms. The van der Waals surface area contributed by atoms with E-state index in [-0.39, 0.29) is 10.9 Å². The summed E-state index contributed by atoms with van der Waals surface area (Å²) in [6, 6.07) is 4.15.